The Labute approximate surface area is 178 Å². The Balaban J connectivity index is 4.24. The zero-order valence-corrected chi connectivity index (χ0v) is 19.7. The smallest absolute Gasteiger partial charge is 0.314 e. The van der Waals surface area contributed by atoms with E-state index in [0.717, 1.165) is 25.7 Å². The molecule has 0 aromatic rings. The fraction of sp³-hybridized carbons (Fsp3) is 0.905. The Morgan fingerprint density at radius 1 is 0.885 bits per heavy atom. The van der Waals surface area contributed by atoms with Crippen LogP contribution in [0.15, 0.2) is 0 Å². The fourth-order valence-electron chi connectivity index (χ4n) is 3.00. The Morgan fingerprint density at radius 2 is 1.35 bits per heavy atom. The largest absolute Gasteiger partial charge is 0.465 e. The average Bonchev–Trinajstić information content (AvgIpc) is 2.62. The lowest BCUT2D eigenvalue weighted by molar-refractivity contribution is -0.155. The van der Waals surface area contributed by atoms with Crippen LogP contribution in [0.2, 0.25) is 0 Å². The highest BCUT2D eigenvalue weighted by Crippen LogP contribution is 2.44. The van der Waals surface area contributed by atoms with Crippen molar-refractivity contribution < 1.29 is 9.53 Å². The van der Waals surface area contributed by atoms with Gasteiger partial charge in [0.2, 0.25) is 0 Å². The van der Waals surface area contributed by atoms with Gasteiger partial charge in [-0.3, -0.25) is 4.79 Å². The third kappa shape index (κ3) is 9.98. The van der Waals surface area contributed by atoms with E-state index >= 15 is 0 Å². The van der Waals surface area contributed by atoms with Gasteiger partial charge in [0, 0.05) is 5.37 Å². The van der Waals surface area contributed by atoms with Crippen molar-refractivity contribution in [2.45, 2.75) is 108 Å². The molecule has 0 heterocycles. The summed E-state index contributed by atoms with van der Waals surface area (Å²) in [5, 5.41) is 1.48. The van der Waals surface area contributed by atoms with Crippen molar-refractivity contribution in [1.29, 1.82) is 0 Å². The fourth-order valence-corrected chi connectivity index (χ4v) is 3.67. The summed E-state index contributed by atoms with van der Waals surface area (Å²) in [4.78, 5) is 12.7. The molecule has 0 spiro atoms. The van der Waals surface area contributed by atoms with Gasteiger partial charge in [-0.15, -0.1) is 0 Å². The number of thiol groups is 2. The molecular weight excluding hydrogens is 380 g/mol. The van der Waals surface area contributed by atoms with Gasteiger partial charge >= 0.3 is 5.97 Å². The molecule has 0 saturated heterocycles. The standard InChI is InChI=1S/C21H40O2S3/c1-4-6-8-9-10-11-12-13-14-15-16-20(3,21(25,26)18-24)19(22)23-17-7-5-2/h18,25-26H,4-17H2,1-3H3. The molecule has 0 radical (unpaired) electrons. The van der Waals surface area contributed by atoms with Gasteiger partial charge in [0.1, 0.15) is 0 Å². The Morgan fingerprint density at radius 3 is 1.81 bits per heavy atom. The van der Waals surface area contributed by atoms with E-state index in [1.165, 1.54) is 56.7 Å². The quantitative estimate of drug-likeness (QED) is 0.0856. The number of rotatable bonds is 17. The zero-order valence-electron chi connectivity index (χ0n) is 17.1. The van der Waals surface area contributed by atoms with Crippen LogP contribution >= 0.6 is 37.5 Å². The lowest BCUT2D eigenvalue weighted by Gasteiger charge is -2.37. The summed E-state index contributed by atoms with van der Waals surface area (Å²) in [5.74, 6) is -0.229. The summed E-state index contributed by atoms with van der Waals surface area (Å²) in [6.45, 7) is 6.67. The summed E-state index contributed by atoms with van der Waals surface area (Å²) in [6.07, 6.45) is 15.3. The van der Waals surface area contributed by atoms with Crippen LogP contribution in [0.4, 0.5) is 0 Å². The third-order valence-electron chi connectivity index (χ3n) is 5.19. The number of ether oxygens (including phenoxy) is 1. The van der Waals surface area contributed by atoms with Crippen LogP contribution in [0.1, 0.15) is 104 Å². The Kier molecular flexibility index (Phi) is 15.4. The summed E-state index contributed by atoms with van der Waals surface area (Å²) >= 11 is 14.2. The van der Waals surface area contributed by atoms with Crippen LogP contribution in [0, 0.1) is 5.41 Å². The molecule has 0 rings (SSSR count). The average molecular weight is 421 g/mol. The zero-order chi connectivity index (χ0) is 19.9. The minimum absolute atomic E-state index is 0.229. The van der Waals surface area contributed by atoms with Crippen molar-refractivity contribution in [3.63, 3.8) is 0 Å². The normalized spacial score (nSPS) is 14.0. The lowest BCUT2D eigenvalue weighted by Crippen LogP contribution is -2.46. The number of esters is 1. The molecule has 0 aliphatic rings. The molecule has 1 unspecified atom stereocenters. The molecule has 154 valence electrons. The highest BCUT2D eigenvalue weighted by Gasteiger charge is 2.48. The first-order valence-corrected chi connectivity index (χ1v) is 11.8. The van der Waals surface area contributed by atoms with Crippen molar-refractivity contribution in [1.82, 2.24) is 0 Å². The molecule has 0 amide bonds. The van der Waals surface area contributed by atoms with Gasteiger partial charge in [-0.05, 0) is 19.8 Å². The number of hydrogen-bond donors (Lipinski definition) is 2. The van der Waals surface area contributed by atoms with E-state index in [1.54, 1.807) is 0 Å². The Hall–Kier alpha value is 0.260. The molecule has 2 nitrogen and oxygen atoms in total. The molecule has 0 aromatic heterocycles. The molecule has 0 saturated carbocycles. The van der Waals surface area contributed by atoms with Crippen molar-refractivity contribution >= 4 is 48.8 Å². The monoisotopic (exact) mass is 420 g/mol. The maximum Gasteiger partial charge on any atom is 0.314 e. The number of hydrogen-bond acceptors (Lipinski definition) is 5. The van der Waals surface area contributed by atoms with Gasteiger partial charge in [-0.25, -0.2) is 0 Å². The van der Waals surface area contributed by atoms with Crippen LogP contribution in [-0.4, -0.2) is 22.0 Å². The minimum Gasteiger partial charge on any atom is -0.465 e. The highest BCUT2D eigenvalue weighted by molar-refractivity contribution is 8.03. The van der Waals surface area contributed by atoms with E-state index in [9.17, 15) is 4.79 Å². The third-order valence-corrected chi connectivity index (χ3v) is 7.14. The molecule has 0 bridgehead atoms. The minimum atomic E-state index is -0.940. The first-order valence-electron chi connectivity index (χ1n) is 10.4. The number of thiocarbonyl (C=S) groups is 1. The van der Waals surface area contributed by atoms with Crippen molar-refractivity contribution in [2.24, 2.45) is 5.41 Å². The first kappa shape index (κ1) is 26.3. The maximum atomic E-state index is 12.7. The van der Waals surface area contributed by atoms with E-state index in [1.807, 2.05) is 6.92 Å². The van der Waals surface area contributed by atoms with Gasteiger partial charge in [-0.2, -0.15) is 25.3 Å². The SMILES string of the molecule is CCCCCCCCCCCCC(C)(C(=O)OCCCC)C(S)(S)C=S. The van der Waals surface area contributed by atoms with Gasteiger partial charge < -0.3 is 4.74 Å². The van der Waals surface area contributed by atoms with Crippen molar-refractivity contribution in [2.75, 3.05) is 6.61 Å². The first-order chi connectivity index (χ1) is 12.4. The number of unbranched alkanes of at least 4 members (excludes halogenated alkanes) is 10. The summed E-state index contributed by atoms with van der Waals surface area (Å²) in [6, 6.07) is 0. The second-order valence-electron chi connectivity index (χ2n) is 7.60. The Bertz CT molecular complexity index is 385. The molecule has 26 heavy (non-hydrogen) atoms. The predicted molar refractivity (Wildman–Crippen MR) is 125 cm³/mol. The van der Waals surface area contributed by atoms with Crippen LogP contribution in [0.3, 0.4) is 0 Å². The van der Waals surface area contributed by atoms with Crippen molar-refractivity contribution in [3.8, 4) is 0 Å². The van der Waals surface area contributed by atoms with E-state index in [2.05, 4.69) is 39.1 Å². The molecule has 1 atom stereocenters. The van der Waals surface area contributed by atoms with E-state index in [4.69, 9.17) is 17.0 Å². The van der Waals surface area contributed by atoms with Crippen molar-refractivity contribution in [3.05, 3.63) is 0 Å². The van der Waals surface area contributed by atoms with E-state index < -0.39 is 9.49 Å². The second-order valence-corrected chi connectivity index (χ2v) is 9.60. The molecular formula is C21H40O2S3. The van der Waals surface area contributed by atoms with Crippen LogP contribution < -0.4 is 0 Å². The van der Waals surface area contributed by atoms with E-state index in [0.29, 0.717) is 13.0 Å². The topological polar surface area (TPSA) is 26.3 Å². The van der Waals surface area contributed by atoms with Gasteiger partial charge in [-0.1, -0.05) is 96.7 Å². The highest BCUT2D eigenvalue weighted by atomic mass is 32.2. The maximum absolute atomic E-state index is 12.7. The molecule has 0 aliphatic heterocycles. The molecule has 0 N–H and O–H groups in total. The van der Waals surface area contributed by atoms with Gasteiger partial charge in [0.05, 0.1) is 16.1 Å². The van der Waals surface area contributed by atoms with E-state index in [-0.39, 0.29) is 5.97 Å². The number of carbonyl (C=O) groups excluding carboxylic acids is 1. The van der Waals surface area contributed by atoms with Gasteiger partial charge in [0.25, 0.3) is 0 Å². The predicted octanol–water partition coefficient (Wildman–Crippen LogP) is 7.20. The van der Waals surface area contributed by atoms with Crippen LogP contribution in [-0.2, 0) is 9.53 Å². The molecule has 0 aliphatic carbocycles. The molecule has 5 heteroatoms. The van der Waals surface area contributed by atoms with Gasteiger partial charge in [0.15, 0.2) is 0 Å². The van der Waals surface area contributed by atoms with Crippen LogP contribution in [0.25, 0.3) is 0 Å². The van der Waals surface area contributed by atoms with Crippen LogP contribution in [0.5, 0.6) is 0 Å². The summed E-state index contributed by atoms with van der Waals surface area (Å²) in [7, 11) is 0. The molecule has 0 aromatic carbocycles. The number of carbonyl (C=O) groups is 1. The summed E-state index contributed by atoms with van der Waals surface area (Å²) < 4.78 is 4.54. The second kappa shape index (κ2) is 15.2. The lowest BCUT2D eigenvalue weighted by atomic mass is 9.81. The molecule has 0 fully saturated rings. The summed E-state index contributed by atoms with van der Waals surface area (Å²) in [5.41, 5.74) is -0.797.